The molecule has 1 unspecified atom stereocenters. The summed E-state index contributed by atoms with van der Waals surface area (Å²) in [7, 11) is 1.81. The fourth-order valence-electron chi connectivity index (χ4n) is 4.35. The van der Waals surface area contributed by atoms with Gasteiger partial charge in [0.05, 0.1) is 11.1 Å². The van der Waals surface area contributed by atoms with Gasteiger partial charge in [0, 0.05) is 45.4 Å². The summed E-state index contributed by atoms with van der Waals surface area (Å²) < 4.78 is 7.20. The standard InChI is InChI=1S/C22H27N7O2/c1-14-5-3-6-15(13-14)18-17-19(23)27(2)26-20(17)25-22(24-18)29-10-8-28(9-11-29)21(30)16-7-4-12-31-16/h3,5-6,13,16H,4,7-12,23H2,1-2H3. The molecule has 2 saturated heterocycles. The van der Waals surface area contributed by atoms with E-state index < -0.39 is 0 Å². The van der Waals surface area contributed by atoms with Gasteiger partial charge in [-0.05, 0) is 25.8 Å². The molecule has 2 fully saturated rings. The molecule has 0 radical (unpaired) electrons. The van der Waals surface area contributed by atoms with E-state index in [2.05, 4.69) is 29.1 Å². The van der Waals surface area contributed by atoms with E-state index >= 15 is 0 Å². The Morgan fingerprint density at radius 1 is 1.19 bits per heavy atom. The van der Waals surface area contributed by atoms with E-state index in [1.54, 1.807) is 4.68 Å². The monoisotopic (exact) mass is 421 g/mol. The molecule has 0 spiro atoms. The molecule has 4 heterocycles. The number of carbonyl (C=O) groups is 1. The number of fused-ring (bicyclic) bond motifs is 1. The second-order valence-corrected chi connectivity index (χ2v) is 8.26. The SMILES string of the molecule is Cc1cccc(-c2nc(N3CCN(C(=O)C4CCCO4)CC3)nc3nn(C)c(N)c23)c1. The zero-order valence-corrected chi connectivity index (χ0v) is 17.9. The van der Waals surface area contributed by atoms with Crippen LogP contribution >= 0.6 is 0 Å². The van der Waals surface area contributed by atoms with Gasteiger partial charge in [0.25, 0.3) is 5.91 Å². The molecule has 5 rings (SSSR count). The number of ether oxygens (including phenoxy) is 1. The van der Waals surface area contributed by atoms with Crippen molar-refractivity contribution in [2.75, 3.05) is 43.4 Å². The maximum atomic E-state index is 12.7. The van der Waals surface area contributed by atoms with Gasteiger partial charge in [-0.25, -0.2) is 4.98 Å². The van der Waals surface area contributed by atoms with Gasteiger partial charge in [-0.3, -0.25) is 9.48 Å². The summed E-state index contributed by atoms with van der Waals surface area (Å²) in [6.07, 6.45) is 1.50. The van der Waals surface area contributed by atoms with Gasteiger partial charge in [-0.2, -0.15) is 10.1 Å². The summed E-state index contributed by atoms with van der Waals surface area (Å²) in [5.74, 6) is 1.27. The maximum absolute atomic E-state index is 12.7. The van der Waals surface area contributed by atoms with Crippen LogP contribution < -0.4 is 10.6 Å². The first-order valence-corrected chi connectivity index (χ1v) is 10.7. The van der Waals surface area contributed by atoms with E-state index in [1.165, 1.54) is 0 Å². The van der Waals surface area contributed by atoms with Crippen LogP contribution in [0.1, 0.15) is 18.4 Å². The average Bonchev–Trinajstić information content (AvgIpc) is 3.41. The fraction of sp³-hybridized carbons (Fsp3) is 0.455. The number of aromatic nitrogens is 4. The van der Waals surface area contributed by atoms with Crippen LogP contribution in [-0.4, -0.2) is 69.4 Å². The zero-order chi connectivity index (χ0) is 21.5. The third-order valence-corrected chi connectivity index (χ3v) is 6.10. The van der Waals surface area contributed by atoms with Gasteiger partial charge in [-0.15, -0.1) is 0 Å². The second-order valence-electron chi connectivity index (χ2n) is 8.26. The van der Waals surface area contributed by atoms with Crippen LogP contribution in [0.4, 0.5) is 11.8 Å². The lowest BCUT2D eigenvalue weighted by Gasteiger charge is -2.35. The maximum Gasteiger partial charge on any atom is 0.251 e. The first kappa shape index (κ1) is 19.7. The Morgan fingerprint density at radius 3 is 2.71 bits per heavy atom. The van der Waals surface area contributed by atoms with Crippen molar-refractivity contribution in [3.8, 4) is 11.3 Å². The van der Waals surface area contributed by atoms with Crippen LogP contribution in [0.15, 0.2) is 24.3 Å². The Balaban J connectivity index is 1.45. The lowest BCUT2D eigenvalue weighted by atomic mass is 10.1. The highest BCUT2D eigenvalue weighted by Crippen LogP contribution is 2.32. The Labute approximate surface area is 180 Å². The number of nitrogens with zero attached hydrogens (tertiary/aromatic N) is 6. The molecule has 1 atom stereocenters. The van der Waals surface area contributed by atoms with Gasteiger partial charge in [0.1, 0.15) is 11.9 Å². The Morgan fingerprint density at radius 2 is 2.00 bits per heavy atom. The predicted octanol–water partition coefficient (Wildman–Crippen LogP) is 1.75. The minimum absolute atomic E-state index is 0.103. The van der Waals surface area contributed by atoms with Crippen molar-refractivity contribution in [2.45, 2.75) is 25.9 Å². The van der Waals surface area contributed by atoms with Crippen LogP contribution in [0.5, 0.6) is 0 Å². The van der Waals surface area contributed by atoms with E-state index in [-0.39, 0.29) is 12.0 Å². The van der Waals surface area contributed by atoms with Gasteiger partial charge in [0.15, 0.2) is 5.65 Å². The van der Waals surface area contributed by atoms with Gasteiger partial charge in [0.2, 0.25) is 5.95 Å². The molecule has 3 aromatic rings. The molecule has 2 aliphatic heterocycles. The first-order chi connectivity index (χ1) is 15.0. The molecule has 2 aliphatic rings. The third kappa shape index (κ3) is 3.59. The number of hydrogen-bond donors (Lipinski definition) is 1. The second kappa shape index (κ2) is 7.81. The highest BCUT2D eigenvalue weighted by Gasteiger charge is 2.31. The van der Waals surface area contributed by atoms with Crippen LogP contribution in [0, 0.1) is 6.92 Å². The number of aryl methyl sites for hydroxylation is 2. The number of nitrogens with two attached hydrogens (primary N) is 1. The van der Waals surface area contributed by atoms with Gasteiger partial charge >= 0.3 is 0 Å². The molecule has 0 aliphatic carbocycles. The number of nitrogen functional groups attached to an aromatic ring is 1. The average molecular weight is 422 g/mol. The molecule has 31 heavy (non-hydrogen) atoms. The number of piperazine rings is 1. The normalized spacial score (nSPS) is 19.4. The summed E-state index contributed by atoms with van der Waals surface area (Å²) in [4.78, 5) is 26.3. The lowest BCUT2D eigenvalue weighted by Crippen LogP contribution is -2.51. The molecular weight excluding hydrogens is 394 g/mol. The van der Waals surface area contributed by atoms with E-state index in [4.69, 9.17) is 20.4 Å². The van der Waals surface area contributed by atoms with Crippen molar-refractivity contribution in [2.24, 2.45) is 7.05 Å². The fourth-order valence-corrected chi connectivity index (χ4v) is 4.35. The quantitative estimate of drug-likeness (QED) is 0.687. The van der Waals surface area contributed by atoms with E-state index in [1.807, 2.05) is 24.1 Å². The molecular formula is C22H27N7O2. The van der Waals surface area contributed by atoms with Crippen LogP contribution in [0.25, 0.3) is 22.3 Å². The smallest absolute Gasteiger partial charge is 0.251 e. The zero-order valence-electron chi connectivity index (χ0n) is 17.9. The van der Waals surface area contributed by atoms with Crippen molar-refractivity contribution in [3.05, 3.63) is 29.8 Å². The van der Waals surface area contributed by atoms with Crippen molar-refractivity contribution in [1.82, 2.24) is 24.6 Å². The molecule has 2 N–H and O–H groups in total. The van der Waals surface area contributed by atoms with E-state index in [9.17, 15) is 4.79 Å². The van der Waals surface area contributed by atoms with Crippen molar-refractivity contribution in [3.63, 3.8) is 0 Å². The van der Waals surface area contributed by atoms with Crippen LogP contribution in [0.2, 0.25) is 0 Å². The summed E-state index contributed by atoms with van der Waals surface area (Å²) in [5, 5.41) is 5.27. The van der Waals surface area contributed by atoms with E-state index in [0.29, 0.717) is 50.2 Å². The first-order valence-electron chi connectivity index (χ1n) is 10.7. The molecule has 0 saturated carbocycles. The van der Waals surface area contributed by atoms with Crippen LogP contribution in [-0.2, 0) is 16.6 Å². The predicted molar refractivity (Wildman–Crippen MR) is 119 cm³/mol. The molecule has 162 valence electrons. The number of benzene rings is 1. The highest BCUT2D eigenvalue weighted by molar-refractivity contribution is 5.99. The molecule has 1 aromatic carbocycles. The molecule has 1 amide bonds. The number of hydrogen-bond acceptors (Lipinski definition) is 7. The molecule has 9 heteroatoms. The molecule has 9 nitrogen and oxygen atoms in total. The third-order valence-electron chi connectivity index (χ3n) is 6.10. The summed E-state index contributed by atoms with van der Waals surface area (Å²) >= 11 is 0. The number of amides is 1. The van der Waals surface area contributed by atoms with Crippen LogP contribution in [0.3, 0.4) is 0 Å². The van der Waals surface area contributed by atoms with E-state index in [0.717, 1.165) is 35.0 Å². The Kier molecular flexibility index (Phi) is 4.97. The van der Waals surface area contributed by atoms with Crippen molar-refractivity contribution >= 4 is 28.7 Å². The number of anilines is 2. The molecule has 0 bridgehead atoms. The molecule has 2 aromatic heterocycles. The van der Waals surface area contributed by atoms with Crippen molar-refractivity contribution in [1.29, 1.82) is 0 Å². The topological polar surface area (TPSA) is 102 Å². The minimum Gasteiger partial charge on any atom is -0.383 e. The van der Waals surface area contributed by atoms with Gasteiger partial charge in [-0.1, -0.05) is 23.8 Å². The number of carbonyl (C=O) groups excluding carboxylic acids is 1. The highest BCUT2D eigenvalue weighted by atomic mass is 16.5. The number of rotatable bonds is 3. The van der Waals surface area contributed by atoms with Gasteiger partial charge < -0.3 is 20.3 Å². The minimum atomic E-state index is -0.274. The largest absolute Gasteiger partial charge is 0.383 e. The summed E-state index contributed by atoms with van der Waals surface area (Å²) in [6.45, 7) is 5.33. The summed E-state index contributed by atoms with van der Waals surface area (Å²) in [6, 6.07) is 8.19. The Hall–Kier alpha value is -3.20. The lowest BCUT2D eigenvalue weighted by molar-refractivity contribution is -0.141. The summed E-state index contributed by atoms with van der Waals surface area (Å²) in [5.41, 5.74) is 9.81. The van der Waals surface area contributed by atoms with Crippen molar-refractivity contribution < 1.29 is 9.53 Å². The Bertz CT molecular complexity index is 1130.